The second-order valence-corrected chi connectivity index (χ2v) is 5.50. The Balaban J connectivity index is 2.24. The predicted molar refractivity (Wildman–Crippen MR) is 72.0 cm³/mol. The zero-order valence-corrected chi connectivity index (χ0v) is 11.6. The summed E-state index contributed by atoms with van der Waals surface area (Å²) in [7, 11) is 0. The van der Waals surface area contributed by atoms with Gasteiger partial charge in [0.2, 0.25) is 5.91 Å². The van der Waals surface area contributed by atoms with Crippen LogP contribution in [0.25, 0.3) is 0 Å². The Bertz CT molecular complexity index is 230. The quantitative estimate of drug-likeness (QED) is 0.749. The lowest BCUT2D eigenvalue weighted by atomic mass is 9.94. The molecule has 0 aromatic carbocycles. The molecule has 1 rings (SSSR count). The summed E-state index contributed by atoms with van der Waals surface area (Å²) in [5.74, 6) is 0.212. The van der Waals surface area contributed by atoms with Crippen molar-refractivity contribution in [3.63, 3.8) is 0 Å². The Hall–Kier alpha value is -0.570. The van der Waals surface area contributed by atoms with E-state index in [0.717, 1.165) is 25.8 Å². The van der Waals surface area contributed by atoms with E-state index in [-0.39, 0.29) is 11.4 Å². The molecule has 1 atom stereocenters. The molecule has 1 unspecified atom stereocenters. The first-order chi connectivity index (χ1) is 8.09. The molecule has 0 spiro atoms. The highest BCUT2D eigenvalue weighted by atomic mass is 16.1. The Morgan fingerprint density at radius 2 is 2.06 bits per heavy atom. The molecule has 2 N–H and O–H groups in total. The van der Waals surface area contributed by atoms with Crippen molar-refractivity contribution < 1.29 is 4.79 Å². The summed E-state index contributed by atoms with van der Waals surface area (Å²) in [6, 6.07) is 0.559. The summed E-state index contributed by atoms with van der Waals surface area (Å²) in [5, 5.41) is 6.65. The monoisotopic (exact) mass is 240 g/mol. The van der Waals surface area contributed by atoms with E-state index in [0.29, 0.717) is 12.5 Å². The molecular weight excluding hydrogens is 212 g/mol. The van der Waals surface area contributed by atoms with Gasteiger partial charge < -0.3 is 10.6 Å². The molecule has 100 valence electrons. The molecular formula is C14H28N2O. The van der Waals surface area contributed by atoms with Crippen molar-refractivity contribution in [3.8, 4) is 0 Å². The highest BCUT2D eigenvalue weighted by Gasteiger charge is 2.22. The van der Waals surface area contributed by atoms with Crippen molar-refractivity contribution in [2.24, 2.45) is 0 Å². The van der Waals surface area contributed by atoms with Crippen molar-refractivity contribution in [3.05, 3.63) is 0 Å². The van der Waals surface area contributed by atoms with Crippen LogP contribution in [0.4, 0.5) is 0 Å². The molecule has 1 aliphatic rings. The lowest BCUT2D eigenvalue weighted by Gasteiger charge is -2.29. The van der Waals surface area contributed by atoms with Gasteiger partial charge in [0.05, 0.1) is 0 Å². The topological polar surface area (TPSA) is 41.1 Å². The zero-order chi connectivity index (χ0) is 12.7. The molecule has 0 aromatic rings. The van der Waals surface area contributed by atoms with E-state index in [1.807, 2.05) is 0 Å². The first-order valence-corrected chi connectivity index (χ1v) is 7.14. The Morgan fingerprint density at radius 3 is 2.59 bits per heavy atom. The van der Waals surface area contributed by atoms with Crippen molar-refractivity contribution in [2.45, 2.75) is 77.3 Å². The van der Waals surface area contributed by atoms with Gasteiger partial charge >= 0.3 is 0 Å². The van der Waals surface area contributed by atoms with E-state index < -0.39 is 0 Å². The third kappa shape index (κ3) is 5.07. The molecule has 0 saturated carbocycles. The first-order valence-electron chi connectivity index (χ1n) is 7.14. The van der Waals surface area contributed by atoms with Gasteiger partial charge in [-0.3, -0.25) is 4.79 Å². The molecule has 0 radical (unpaired) electrons. The summed E-state index contributed by atoms with van der Waals surface area (Å²) in [6.07, 6.45) is 7.45. The van der Waals surface area contributed by atoms with Gasteiger partial charge in [-0.05, 0) is 45.6 Å². The number of amides is 1. The van der Waals surface area contributed by atoms with Crippen LogP contribution in [0.1, 0.15) is 65.7 Å². The molecule has 1 heterocycles. The predicted octanol–water partition coefficient (Wildman–Crippen LogP) is 2.60. The van der Waals surface area contributed by atoms with Gasteiger partial charge in [-0.15, -0.1) is 0 Å². The van der Waals surface area contributed by atoms with Crippen LogP contribution in [0.2, 0.25) is 0 Å². The Kier molecular flexibility index (Phi) is 5.96. The van der Waals surface area contributed by atoms with Crippen LogP contribution in [-0.2, 0) is 4.79 Å². The second kappa shape index (κ2) is 7.00. The van der Waals surface area contributed by atoms with Crippen LogP contribution in [0.15, 0.2) is 0 Å². The molecule has 0 aliphatic carbocycles. The minimum atomic E-state index is -0.0168. The molecule has 0 aromatic heterocycles. The number of hydrogen-bond donors (Lipinski definition) is 2. The van der Waals surface area contributed by atoms with E-state index in [9.17, 15) is 4.79 Å². The summed E-state index contributed by atoms with van der Waals surface area (Å²) < 4.78 is 0. The molecule has 17 heavy (non-hydrogen) atoms. The normalized spacial score (nSPS) is 21.2. The smallest absolute Gasteiger partial charge is 0.220 e. The second-order valence-electron chi connectivity index (χ2n) is 5.50. The molecule has 1 fully saturated rings. The van der Waals surface area contributed by atoms with Gasteiger partial charge in [-0.2, -0.15) is 0 Å². The van der Waals surface area contributed by atoms with E-state index in [1.54, 1.807) is 0 Å². The van der Waals surface area contributed by atoms with Crippen molar-refractivity contribution >= 4 is 5.91 Å². The number of nitrogens with one attached hydrogen (secondary N) is 2. The minimum Gasteiger partial charge on any atom is -0.351 e. The van der Waals surface area contributed by atoms with Crippen LogP contribution in [0.5, 0.6) is 0 Å². The molecule has 3 nitrogen and oxygen atoms in total. The highest BCUT2D eigenvalue weighted by Crippen LogP contribution is 2.15. The number of carbonyl (C=O) groups excluding carboxylic acids is 1. The van der Waals surface area contributed by atoms with Crippen molar-refractivity contribution in [1.82, 2.24) is 10.6 Å². The van der Waals surface area contributed by atoms with Crippen LogP contribution in [0.3, 0.4) is 0 Å². The number of piperidine rings is 1. The third-order valence-electron chi connectivity index (χ3n) is 4.13. The summed E-state index contributed by atoms with van der Waals surface area (Å²) in [6.45, 7) is 7.51. The summed E-state index contributed by atoms with van der Waals surface area (Å²) in [4.78, 5) is 11.9. The van der Waals surface area contributed by atoms with Gasteiger partial charge in [0.1, 0.15) is 0 Å². The van der Waals surface area contributed by atoms with Gasteiger partial charge in [0, 0.05) is 18.0 Å². The highest BCUT2D eigenvalue weighted by molar-refractivity contribution is 5.76. The van der Waals surface area contributed by atoms with E-state index in [1.165, 1.54) is 19.3 Å². The fourth-order valence-electron chi connectivity index (χ4n) is 2.30. The molecule has 1 amide bonds. The van der Waals surface area contributed by atoms with Gasteiger partial charge in [-0.25, -0.2) is 0 Å². The molecule has 1 saturated heterocycles. The van der Waals surface area contributed by atoms with Crippen LogP contribution >= 0.6 is 0 Å². The van der Waals surface area contributed by atoms with Crippen molar-refractivity contribution in [2.75, 3.05) is 6.54 Å². The minimum absolute atomic E-state index is 0.0168. The fraction of sp³-hybridized carbons (Fsp3) is 0.929. The van der Waals surface area contributed by atoms with E-state index in [4.69, 9.17) is 0 Å². The summed E-state index contributed by atoms with van der Waals surface area (Å²) >= 11 is 0. The van der Waals surface area contributed by atoms with Crippen LogP contribution < -0.4 is 10.6 Å². The molecule has 0 bridgehead atoms. The average molecular weight is 240 g/mol. The Morgan fingerprint density at radius 1 is 1.35 bits per heavy atom. The number of hydrogen-bond acceptors (Lipinski definition) is 2. The maximum atomic E-state index is 11.9. The van der Waals surface area contributed by atoms with E-state index >= 15 is 0 Å². The largest absolute Gasteiger partial charge is 0.351 e. The Labute approximate surface area is 106 Å². The van der Waals surface area contributed by atoms with E-state index in [2.05, 4.69) is 31.4 Å². The maximum Gasteiger partial charge on any atom is 0.220 e. The van der Waals surface area contributed by atoms with Crippen LogP contribution in [-0.4, -0.2) is 24.0 Å². The lowest BCUT2D eigenvalue weighted by Crippen LogP contribution is -2.45. The van der Waals surface area contributed by atoms with Gasteiger partial charge in [-0.1, -0.05) is 20.3 Å². The van der Waals surface area contributed by atoms with Crippen LogP contribution in [0, 0.1) is 0 Å². The standard InChI is InChI=1S/C14H28N2O/c1-4-14(3,5-2)16-13(17)10-9-12-8-6-7-11-15-12/h12,15H,4-11H2,1-3H3,(H,16,17). The lowest BCUT2D eigenvalue weighted by molar-refractivity contribution is -0.123. The number of carbonyl (C=O) groups is 1. The van der Waals surface area contributed by atoms with Gasteiger partial charge in [0.15, 0.2) is 0 Å². The molecule has 1 aliphatic heterocycles. The first kappa shape index (κ1) is 14.5. The fourth-order valence-corrected chi connectivity index (χ4v) is 2.30. The summed E-state index contributed by atoms with van der Waals surface area (Å²) in [5.41, 5.74) is -0.0168. The van der Waals surface area contributed by atoms with Gasteiger partial charge in [0.25, 0.3) is 0 Å². The third-order valence-corrected chi connectivity index (χ3v) is 4.13. The number of rotatable bonds is 6. The zero-order valence-electron chi connectivity index (χ0n) is 11.6. The average Bonchev–Trinajstić information content (AvgIpc) is 2.37. The SMILES string of the molecule is CCC(C)(CC)NC(=O)CCC1CCCCN1. The maximum absolute atomic E-state index is 11.9. The molecule has 3 heteroatoms. The van der Waals surface area contributed by atoms with Crippen molar-refractivity contribution in [1.29, 1.82) is 0 Å².